The van der Waals surface area contributed by atoms with Gasteiger partial charge in [0.2, 0.25) is 0 Å². The molecule has 5 nitrogen and oxygen atoms in total. The van der Waals surface area contributed by atoms with Gasteiger partial charge in [0.15, 0.2) is 0 Å². The molecule has 0 unspecified atom stereocenters. The molecule has 20 heavy (non-hydrogen) atoms. The molecule has 0 spiro atoms. The highest BCUT2D eigenvalue weighted by atomic mass is 127. The summed E-state index contributed by atoms with van der Waals surface area (Å²) >= 11 is 2.23. The van der Waals surface area contributed by atoms with Crippen LogP contribution in [0.4, 0.5) is 0 Å². The van der Waals surface area contributed by atoms with E-state index in [4.69, 9.17) is 4.84 Å². The van der Waals surface area contributed by atoms with Crippen molar-refractivity contribution < 1.29 is 19.2 Å². The lowest BCUT2D eigenvalue weighted by molar-refractivity contribution is -0.197. The molecule has 0 aliphatic carbocycles. The Balaban J connectivity index is 1.74. The molecule has 106 valence electrons. The maximum atomic E-state index is 11.6. The predicted molar refractivity (Wildman–Crippen MR) is 79.3 cm³/mol. The van der Waals surface area contributed by atoms with Crippen LogP contribution in [-0.4, -0.2) is 22.8 Å². The summed E-state index contributed by atoms with van der Waals surface area (Å²) in [5.74, 6) is -1.43. The van der Waals surface area contributed by atoms with Crippen molar-refractivity contribution in [3.8, 4) is 0 Å². The van der Waals surface area contributed by atoms with Gasteiger partial charge in [0, 0.05) is 22.8 Å². The highest BCUT2D eigenvalue weighted by Crippen LogP contribution is 2.14. The maximum Gasteiger partial charge on any atom is 0.333 e. The summed E-state index contributed by atoms with van der Waals surface area (Å²) in [5, 5.41) is 0.590. The van der Waals surface area contributed by atoms with E-state index >= 15 is 0 Å². The summed E-state index contributed by atoms with van der Waals surface area (Å²) in [6.45, 7) is 0. The summed E-state index contributed by atoms with van der Waals surface area (Å²) in [5.41, 5.74) is 1.14. The van der Waals surface area contributed by atoms with E-state index in [2.05, 4.69) is 22.6 Å². The Morgan fingerprint density at radius 2 is 1.75 bits per heavy atom. The highest BCUT2D eigenvalue weighted by Gasteiger charge is 2.32. The Morgan fingerprint density at radius 1 is 1.15 bits per heavy atom. The summed E-state index contributed by atoms with van der Waals surface area (Å²) in [4.78, 5) is 38.9. The average molecular weight is 387 g/mol. The minimum Gasteiger partial charge on any atom is -0.330 e. The topological polar surface area (TPSA) is 63.7 Å². The summed E-state index contributed by atoms with van der Waals surface area (Å²) in [6, 6.07) is 8.05. The zero-order valence-electron chi connectivity index (χ0n) is 10.8. The first-order valence-corrected chi connectivity index (χ1v) is 7.45. The Morgan fingerprint density at radius 3 is 2.35 bits per heavy atom. The second-order valence-corrected chi connectivity index (χ2v) is 5.77. The van der Waals surface area contributed by atoms with Crippen LogP contribution in [0.3, 0.4) is 0 Å². The quantitative estimate of drug-likeness (QED) is 0.574. The molecule has 1 heterocycles. The van der Waals surface area contributed by atoms with E-state index in [-0.39, 0.29) is 19.3 Å². The van der Waals surface area contributed by atoms with Crippen molar-refractivity contribution in [2.45, 2.75) is 32.1 Å². The van der Waals surface area contributed by atoms with Crippen molar-refractivity contribution in [1.29, 1.82) is 0 Å². The number of nitrogens with zero attached hydrogens (tertiary/aromatic N) is 1. The number of benzene rings is 1. The Labute approximate surface area is 130 Å². The van der Waals surface area contributed by atoms with Gasteiger partial charge in [-0.25, -0.2) is 4.79 Å². The van der Waals surface area contributed by atoms with E-state index in [1.165, 1.54) is 0 Å². The van der Waals surface area contributed by atoms with Crippen LogP contribution < -0.4 is 0 Å². The van der Waals surface area contributed by atoms with Gasteiger partial charge in [-0.05, 0) is 53.1 Å². The Bertz CT molecular complexity index is 510. The number of hydroxylamine groups is 2. The number of amides is 2. The van der Waals surface area contributed by atoms with Gasteiger partial charge in [-0.1, -0.05) is 12.1 Å². The lowest BCUT2D eigenvalue weighted by Gasteiger charge is -2.12. The molecule has 0 radical (unpaired) electrons. The molecular formula is C14H14INO4. The molecule has 0 aromatic heterocycles. The molecule has 1 aliphatic heterocycles. The number of rotatable bonds is 5. The second-order valence-electron chi connectivity index (χ2n) is 4.53. The van der Waals surface area contributed by atoms with Crippen LogP contribution in [0.5, 0.6) is 0 Å². The molecule has 1 aliphatic rings. The number of hydrogen-bond acceptors (Lipinski definition) is 4. The fraction of sp³-hybridized carbons (Fsp3) is 0.357. The van der Waals surface area contributed by atoms with Crippen molar-refractivity contribution >= 4 is 40.4 Å². The Hall–Kier alpha value is -1.44. The molecule has 1 saturated heterocycles. The van der Waals surface area contributed by atoms with Gasteiger partial charge in [0.05, 0.1) is 0 Å². The minimum absolute atomic E-state index is 0.120. The minimum atomic E-state index is -0.542. The smallest absolute Gasteiger partial charge is 0.330 e. The van der Waals surface area contributed by atoms with Gasteiger partial charge in [0.1, 0.15) is 0 Å². The lowest BCUT2D eigenvalue weighted by atomic mass is 10.1. The van der Waals surface area contributed by atoms with E-state index in [1.807, 2.05) is 24.3 Å². The van der Waals surface area contributed by atoms with Gasteiger partial charge in [0.25, 0.3) is 11.8 Å². The van der Waals surface area contributed by atoms with Crippen molar-refractivity contribution in [2.24, 2.45) is 0 Å². The van der Waals surface area contributed by atoms with E-state index in [0.717, 1.165) is 15.6 Å². The summed E-state index contributed by atoms with van der Waals surface area (Å²) in [7, 11) is 0. The molecule has 1 aromatic carbocycles. The molecule has 6 heteroatoms. The van der Waals surface area contributed by atoms with Crippen LogP contribution in [-0.2, 0) is 25.6 Å². The van der Waals surface area contributed by atoms with Crippen molar-refractivity contribution in [3.05, 3.63) is 33.4 Å². The van der Waals surface area contributed by atoms with E-state index in [0.29, 0.717) is 11.5 Å². The van der Waals surface area contributed by atoms with E-state index in [1.54, 1.807) is 0 Å². The second kappa shape index (κ2) is 6.83. The third kappa shape index (κ3) is 4.03. The molecular weight excluding hydrogens is 373 g/mol. The molecule has 2 rings (SSSR count). The van der Waals surface area contributed by atoms with Crippen molar-refractivity contribution in [1.82, 2.24) is 5.06 Å². The van der Waals surface area contributed by atoms with Gasteiger partial charge in [-0.2, -0.15) is 0 Å². The molecule has 1 aromatic rings. The van der Waals surface area contributed by atoms with Crippen molar-refractivity contribution in [2.75, 3.05) is 0 Å². The fourth-order valence-corrected chi connectivity index (χ4v) is 2.25. The van der Waals surface area contributed by atoms with Crippen LogP contribution in [0, 0.1) is 3.57 Å². The van der Waals surface area contributed by atoms with Crippen LogP contribution in [0.2, 0.25) is 0 Å². The number of hydrogen-bond donors (Lipinski definition) is 0. The lowest BCUT2D eigenvalue weighted by Crippen LogP contribution is -2.31. The van der Waals surface area contributed by atoms with E-state index < -0.39 is 17.8 Å². The number of imide groups is 1. The first kappa shape index (κ1) is 15.0. The highest BCUT2D eigenvalue weighted by molar-refractivity contribution is 14.1. The van der Waals surface area contributed by atoms with Gasteiger partial charge in [-0.3, -0.25) is 9.59 Å². The number of halogens is 1. The molecule has 1 fully saturated rings. The molecule has 0 atom stereocenters. The monoisotopic (exact) mass is 387 g/mol. The van der Waals surface area contributed by atoms with Gasteiger partial charge in [-0.15, -0.1) is 5.06 Å². The summed E-state index contributed by atoms with van der Waals surface area (Å²) < 4.78 is 1.16. The standard InChI is InChI=1S/C14H14INO4/c15-11-6-4-10(5-7-11)2-1-3-14(19)20-16-12(17)8-9-13(16)18/h4-7H,1-3,8-9H2. The van der Waals surface area contributed by atoms with E-state index in [9.17, 15) is 14.4 Å². The third-order valence-corrected chi connectivity index (χ3v) is 3.68. The molecule has 0 bridgehead atoms. The average Bonchev–Trinajstić information content (AvgIpc) is 2.73. The zero-order chi connectivity index (χ0) is 14.5. The third-order valence-electron chi connectivity index (χ3n) is 2.96. The molecule has 2 amide bonds. The maximum absolute atomic E-state index is 11.6. The zero-order valence-corrected chi connectivity index (χ0v) is 13.0. The van der Waals surface area contributed by atoms with Gasteiger partial charge >= 0.3 is 5.97 Å². The van der Waals surface area contributed by atoms with Crippen LogP contribution in [0.15, 0.2) is 24.3 Å². The number of carbonyl (C=O) groups excluding carboxylic acids is 3. The largest absolute Gasteiger partial charge is 0.333 e. The van der Waals surface area contributed by atoms with Crippen molar-refractivity contribution in [3.63, 3.8) is 0 Å². The summed E-state index contributed by atoms with van der Waals surface area (Å²) in [6.07, 6.45) is 1.80. The van der Waals surface area contributed by atoms with Crippen LogP contribution >= 0.6 is 22.6 Å². The fourth-order valence-electron chi connectivity index (χ4n) is 1.89. The molecule has 0 N–H and O–H groups in total. The first-order chi connectivity index (χ1) is 9.56. The van der Waals surface area contributed by atoms with Crippen LogP contribution in [0.1, 0.15) is 31.2 Å². The number of carbonyl (C=O) groups is 3. The SMILES string of the molecule is O=C(CCCc1ccc(I)cc1)ON1C(=O)CCC1=O. The first-order valence-electron chi connectivity index (χ1n) is 6.37. The van der Waals surface area contributed by atoms with Crippen LogP contribution in [0.25, 0.3) is 0 Å². The normalized spacial score (nSPS) is 14.8. The van der Waals surface area contributed by atoms with Gasteiger partial charge < -0.3 is 4.84 Å². The number of aryl methyl sites for hydroxylation is 1. The Kier molecular flexibility index (Phi) is 5.11. The molecule has 0 saturated carbocycles. The predicted octanol–water partition coefficient (Wildman–Crippen LogP) is 2.22.